The molecule has 2 saturated carbocycles. The van der Waals surface area contributed by atoms with E-state index in [-0.39, 0.29) is 11.8 Å². The molecule has 2 heterocycles. The van der Waals surface area contributed by atoms with E-state index in [1.807, 2.05) is 0 Å². The van der Waals surface area contributed by atoms with E-state index in [4.69, 9.17) is 0 Å². The van der Waals surface area contributed by atoms with Gasteiger partial charge in [0.2, 0.25) is 11.8 Å². The predicted molar refractivity (Wildman–Crippen MR) is 120 cm³/mol. The molecule has 0 aliphatic heterocycles. The van der Waals surface area contributed by atoms with Crippen molar-refractivity contribution in [1.82, 2.24) is 14.5 Å². The monoisotopic (exact) mass is 426 g/mol. The molecule has 2 aromatic rings. The summed E-state index contributed by atoms with van der Waals surface area (Å²) in [7, 11) is 0. The second kappa shape index (κ2) is 10.2. The molecule has 0 spiro atoms. The highest BCUT2D eigenvalue weighted by atomic mass is 16.3. The maximum Gasteiger partial charge on any atom is 0.329 e. The van der Waals surface area contributed by atoms with Gasteiger partial charge in [-0.25, -0.2) is 9.78 Å². The average molecular weight is 427 g/mol. The van der Waals surface area contributed by atoms with Crippen LogP contribution in [0.1, 0.15) is 82.4 Å². The summed E-state index contributed by atoms with van der Waals surface area (Å²) in [5.41, 5.74) is 0.163. The largest absolute Gasteiger partial charge is 0.493 e. The van der Waals surface area contributed by atoms with Gasteiger partial charge in [-0.1, -0.05) is 70.3 Å². The number of amides is 1. The Morgan fingerprint density at radius 1 is 1.10 bits per heavy atom. The number of carbonyl (C=O) groups excluding carboxylic acids is 1. The van der Waals surface area contributed by atoms with E-state index in [2.05, 4.69) is 15.3 Å². The number of aromatic hydroxyl groups is 1. The first kappa shape index (κ1) is 21.7. The van der Waals surface area contributed by atoms with Crippen molar-refractivity contribution in [2.24, 2.45) is 11.8 Å². The first-order valence-electron chi connectivity index (χ1n) is 11.9. The maximum atomic E-state index is 13.3. The van der Waals surface area contributed by atoms with Crippen LogP contribution >= 0.6 is 0 Å². The molecule has 0 unspecified atom stereocenters. The molecule has 2 aliphatic carbocycles. The third-order valence-corrected chi connectivity index (χ3v) is 7.00. The minimum atomic E-state index is -0.756. The minimum Gasteiger partial charge on any atom is -0.493 e. The lowest BCUT2D eigenvalue weighted by Crippen LogP contribution is -2.34. The molecule has 7 heteroatoms. The van der Waals surface area contributed by atoms with Crippen LogP contribution in [-0.4, -0.2) is 25.5 Å². The second-order valence-electron chi connectivity index (χ2n) is 9.27. The van der Waals surface area contributed by atoms with Crippen LogP contribution in [0.2, 0.25) is 0 Å². The van der Waals surface area contributed by atoms with Crippen LogP contribution in [0.25, 0.3) is 0 Å². The van der Waals surface area contributed by atoms with Gasteiger partial charge in [0, 0.05) is 6.20 Å². The molecule has 0 saturated heterocycles. The van der Waals surface area contributed by atoms with E-state index in [9.17, 15) is 14.7 Å². The Morgan fingerprint density at radius 2 is 1.77 bits per heavy atom. The maximum absolute atomic E-state index is 13.3. The normalized spacial score (nSPS) is 19.2. The van der Waals surface area contributed by atoms with E-state index in [1.165, 1.54) is 30.3 Å². The van der Waals surface area contributed by atoms with Crippen LogP contribution in [0, 0.1) is 11.8 Å². The zero-order valence-corrected chi connectivity index (χ0v) is 18.2. The van der Waals surface area contributed by atoms with Gasteiger partial charge in [0.15, 0.2) is 0 Å². The molecule has 0 radical (unpaired) electrons. The summed E-state index contributed by atoms with van der Waals surface area (Å²) in [6, 6.07) is 4.56. The fourth-order valence-corrected chi connectivity index (χ4v) is 5.31. The minimum absolute atomic E-state index is 0.0763. The van der Waals surface area contributed by atoms with Crippen molar-refractivity contribution >= 4 is 11.7 Å². The van der Waals surface area contributed by atoms with E-state index in [1.54, 1.807) is 24.4 Å². The molecule has 3 N–H and O–H groups in total. The van der Waals surface area contributed by atoms with Crippen molar-refractivity contribution < 1.29 is 9.90 Å². The number of hydrogen-bond donors (Lipinski definition) is 3. The summed E-state index contributed by atoms with van der Waals surface area (Å²) in [4.78, 5) is 33.2. The molecule has 4 rings (SSSR count). The highest BCUT2D eigenvalue weighted by molar-refractivity contribution is 5.93. The van der Waals surface area contributed by atoms with Gasteiger partial charge in [-0.05, 0) is 36.8 Å². The van der Waals surface area contributed by atoms with E-state index < -0.39 is 11.7 Å². The molecule has 7 nitrogen and oxygen atoms in total. The summed E-state index contributed by atoms with van der Waals surface area (Å²) in [5, 5.41) is 13.8. The lowest BCUT2D eigenvalue weighted by atomic mass is 9.84. The molecule has 1 atom stereocenters. The van der Waals surface area contributed by atoms with Gasteiger partial charge in [-0.3, -0.25) is 9.36 Å². The third kappa shape index (κ3) is 5.38. The van der Waals surface area contributed by atoms with Crippen molar-refractivity contribution in [2.75, 3.05) is 5.32 Å². The van der Waals surface area contributed by atoms with Gasteiger partial charge in [0.1, 0.15) is 11.9 Å². The van der Waals surface area contributed by atoms with E-state index in [0.717, 1.165) is 38.5 Å². The van der Waals surface area contributed by atoms with Crippen LogP contribution in [0.4, 0.5) is 5.82 Å². The molecule has 0 aromatic carbocycles. The standard InChI is InChI=1S/C24H34N4O3/c29-22(27-21-13-7-8-14-25-21)20(16-18-11-5-2-6-12-18)28-23(30)19(26-24(28)31)15-17-9-3-1-4-10-17/h7-8,13-14,17-18,20,30H,1-6,9-12,15-16H2,(H,26,31)(H,25,27,29)/t20-/m0/s1. The molecular formula is C24H34N4O3. The Morgan fingerprint density at radius 3 is 2.42 bits per heavy atom. The lowest BCUT2D eigenvalue weighted by Gasteiger charge is -2.26. The third-order valence-electron chi connectivity index (χ3n) is 7.00. The van der Waals surface area contributed by atoms with Gasteiger partial charge in [0.25, 0.3) is 0 Å². The zero-order chi connectivity index (χ0) is 21.6. The van der Waals surface area contributed by atoms with Crippen molar-refractivity contribution in [3.63, 3.8) is 0 Å². The predicted octanol–water partition coefficient (Wildman–Crippen LogP) is 4.55. The summed E-state index contributed by atoms with van der Waals surface area (Å²) >= 11 is 0. The topological polar surface area (TPSA) is 100 Å². The molecule has 31 heavy (non-hydrogen) atoms. The Hall–Kier alpha value is -2.57. The van der Waals surface area contributed by atoms with Gasteiger partial charge < -0.3 is 15.4 Å². The smallest absolute Gasteiger partial charge is 0.329 e. The van der Waals surface area contributed by atoms with Crippen LogP contribution < -0.4 is 11.0 Å². The molecule has 168 valence electrons. The van der Waals surface area contributed by atoms with Crippen LogP contribution in [0.15, 0.2) is 29.2 Å². The number of hydrogen-bond acceptors (Lipinski definition) is 4. The number of pyridine rings is 1. The highest BCUT2D eigenvalue weighted by Gasteiger charge is 2.31. The summed E-state index contributed by atoms with van der Waals surface area (Å²) in [6.07, 6.45) is 14.4. The fraction of sp³-hybridized carbons (Fsp3) is 0.625. The average Bonchev–Trinajstić information content (AvgIpc) is 3.07. The van der Waals surface area contributed by atoms with Crippen LogP contribution in [0.3, 0.4) is 0 Å². The van der Waals surface area contributed by atoms with Crippen LogP contribution in [0.5, 0.6) is 5.88 Å². The SMILES string of the molecule is O=C(Nc1ccccn1)[C@H](CC1CCCCC1)n1c(O)c(CC2CCCCC2)[nH]c1=O. The Kier molecular flexibility index (Phi) is 7.10. The Balaban J connectivity index is 1.59. The Bertz CT molecular complexity index is 909. The van der Waals surface area contributed by atoms with Gasteiger partial charge in [-0.15, -0.1) is 0 Å². The zero-order valence-electron chi connectivity index (χ0n) is 18.2. The second-order valence-corrected chi connectivity index (χ2v) is 9.27. The first-order chi connectivity index (χ1) is 15.1. The number of aromatic nitrogens is 3. The van der Waals surface area contributed by atoms with Crippen molar-refractivity contribution in [1.29, 1.82) is 0 Å². The molecule has 2 aromatic heterocycles. The van der Waals surface area contributed by atoms with Crippen LogP contribution in [-0.2, 0) is 11.2 Å². The van der Waals surface area contributed by atoms with E-state index >= 15 is 0 Å². The number of anilines is 1. The molecule has 1 amide bonds. The van der Waals surface area contributed by atoms with E-state index in [0.29, 0.717) is 36.2 Å². The highest BCUT2D eigenvalue weighted by Crippen LogP contribution is 2.34. The number of carbonyl (C=O) groups is 1. The summed E-state index contributed by atoms with van der Waals surface area (Å²) in [5.74, 6) is 0.922. The number of H-pyrrole nitrogens is 1. The number of rotatable bonds is 7. The van der Waals surface area contributed by atoms with Gasteiger partial charge >= 0.3 is 5.69 Å². The first-order valence-corrected chi connectivity index (χ1v) is 11.9. The quantitative estimate of drug-likeness (QED) is 0.605. The number of imidazole rings is 1. The van der Waals surface area contributed by atoms with Gasteiger partial charge in [0.05, 0.1) is 5.69 Å². The molecule has 2 fully saturated rings. The number of nitrogens with one attached hydrogen (secondary N) is 2. The molecule has 2 aliphatic rings. The van der Waals surface area contributed by atoms with Crippen molar-refractivity contribution in [3.8, 4) is 5.88 Å². The van der Waals surface area contributed by atoms with Gasteiger partial charge in [-0.2, -0.15) is 0 Å². The van der Waals surface area contributed by atoms with Crippen molar-refractivity contribution in [3.05, 3.63) is 40.6 Å². The summed E-state index contributed by atoms with van der Waals surface area (Å²) < 4.78 is 1.28. The molecule has 0 bridgehead atoms. The molecular weight excluding hydrogens is 392 g/mol. The number of aromatic amines is 1. The fourth-order valence-electron chi connectivity index (χ4n) is 5.31. The lowest BCUT2D eigenvalue weighted by molar-refractivity contribution is -0.120. The Labute approximate surface area is 183 Å². The van der Waals surface area contributed by atoms with Crippen molar-refractivity contribution in [2.45, 2.75) is 83.1 Å². The summed E-state index contributed by atoms with van der Waals surface area (Å²) in [6.45, 7) is 0. The number of nitrogens with zero attached hydrogens (tertiary/aromatic N) is 2.